The molecule has 0 bridgehead atoms. The average Bonchev–Trinajstić information content (AvgIpc) is 3.12. The molecule has 0 saturated carbocycles. The fourth-order valence-corrected chi connectivity index (χ4v) is 4.14. The second kappa shape index (κ2) is 11.4. The van der Waals surface area contributed by atoms with Crippen molar-refractivity contribution in [3.8, 4) is 17.2 Å². The number of rotatable bonds is 10. The number of carbonyl (C=O) groups is 2. The maximum atomic E-state index is 12.8. The minimum atomic E-state index is -0.329. The Balaban J connectivity index is 1.33. The normalized spacial score (nSPS) is 14.5. The van der Waals surface area contributed by atoms with E-state index in [0.29, 0.717) is 29.6 Å². The molecule has 1 heterocycles. The standard InChI is InChI=1S/C27H25NO5S/c1-20-11-13-23(14-12-20)31-16-15-28-26(29)25(34-27(28)30)19-21-7-5-6-10-24(21)33-18-17-32-22-8-3-2-4-9-22/h2-14,19H,15-18H2,1H3/b25-19-. The van der Waals surface area contributed by atoms with E-state index in [-0.39, 0.29) is 24.3 Å². The fraction of sp³-hybridized carbons (Fsp3) is 0.185. The molecule has 1 aliphatic heterocycles. The maximum Gasteiger partial charge on any atom is 0.293 e. The highest BCUT2D eigenvalue weighted by Crippen LogP contribution is 2.33. The first kappa shape index (κ1) is 23.4. The van der Waals surface area contributed by atoms with Crippen LogP contribution in [0.2, 0.25) is 0 Å². The number of hydrogen-bond acceptors (Lipinski definition) is 6. The van der Waals surface area contributed by atoms with E-state index < -0.39 is 0 Å². The monoisotopic (exact) mass is 475 g/mol. The summed E-state index contributed by atoms with van der Waals surface area (Å²) in [4.78, 5) is 26.8. The molecule has 3 aromatic carbocycles. The van der Waals surface area contributed by atoms with E-state index in [1.165, 1.54) is 4.90 Å². The van der Waals surface area contributed by atoms with Crippen molar-refractivity contribution >= 4 is 29.0 Å². The largest absolute Gasteiger partial charge is 0.492 e. The number of amides is 2. The molecule has 0 N–H and O–H groups in total. The van der Waals surface area contributed by atoms with E-state index in [9.17, 15) is 9.59 Å². The van der Waals surface area contributed by atoms with Crippen molar-refractivity contribution in [2.24, 2.45) is 0 Å². The third-order valence-corrected chi connectivity index (χ3v) is 5.94. The molecule has 7 heteroatoms. The van der Waals surface area contributed by atoms with Crippen molar-refractivity contribution < 1.29 is 23.8 Å². The van der Waals surface area contributed by atoms with Gasteiger partial charge in [0.1, 0.15) is 37.1 Å². The number of thioether (sulfide) groups is 1. The van der Waals surface area contributed by atoms with Crippen LogP contribution >= 0.6 is 11.8 Å². The first-order chi connectivity index (χ1) is 16.6. The van der Waals surface area contributed by atoms with Gasteiger partial charge in [0.2, 0.25) is 0 Å². The zero-order valence-electron chi connectivity index (χ0n) is 18.8. The lowest BCUT2D eigenvalue weighted by Crippen LogP contribution is -2.32. The van der Waals surface area contributed by atoms with Crippen molar-refractivity contribution in [1.82, 2.24) is 4.90 Å². The second-order valence-electron chi connectivity index (χ2n) is 7.54. The molecule has 0 aromatic heterocycles. The fourth-order valence-electron chi connectivity index (χ4n) is 3.28. The van der Waals surface area contributed by atoms with Crippen LogP contribution in [-0.4, -0.2) is 42.4 Å². The van der Waals surface area contributed by atoms with Crippen molar-refractivity contribution in [3.05, 3.63) is 94.9 Å². The van der Waals surface area contributed by atoms with Crippen LogP contribution in [0.25, 0.3) is 6.08 Å². The third kappa shape index (κ3) is 6.20. The molecule has 0 aliphatic carbocycles. The van der Waals surface area contributed by atoms with Gasteiger partial charge in [0, 0.05) is 5.56 Å². The van der Waals surface area contributed by atoms with E-state index in [0.717, 1.165) is 28.6 Å². The highest BCUT2D eigenvalue weighted by molar-refractivity contribution is 8.18. The molecule has 34 heavy (non-hydrogen) atoms. The number of carbonyl (C=O) groups excluding carboxylic acids is 2. The number of para-hydroxylation sites is 2. The van der Waals surface area contributed by atoms with Gasteiger partial charge in [-0.15, -0.1) is 0 Å². The molecule has 4 rings (SSSR count). The highest BCUT2D eigenvalue weighted by Gasteiger charge is 2.35. The predicted molar refractivity (Wildman–Crippen MR) is 133 cm³/mol. The van der Waals surface area contributed by atoms with E-state index in [2.05, 4.69) is 0 Å². The number of nitrogens with zero attached hydrogens (tertiary/aromatic N) is 1. The zero-order valence-corrected chi connectivity index (χ0v) is 19.6. The summed E-state index contributed by atoms with van der Waals surface area (Å²) in [6.45, 7) is 3.14. The Kier molecular flexibility index (Phi) is 7.88. The number of ether oxygens (including phenoxy) is 3. The Morgan fingerprint density at radius 1 is 0.765 bits per heavy atom. The summed E-state index contributed by atoms with van der Waals surface area (Å²) in [5.74, 6) is 1.77. The van der Waals surface area contributed by atoms with Crippen LogP contribution in [-0.2, 0) is 4.79 Å². The maximum absolute atomic E-state index is 12.8. The lowest BCUT2D eigenvalue weighted by molar-refractivity contribution is -0.123. The summed E-state index contributed by atoms with van der Waals surface area (Å²) < 4.78 is 17.2. The molecule has 6 nitrogen and oxygen atoms in total. The second-order valence-corrected chi connectivity index (χ2v) is 8.54. The molecule has 1 aliphatic rings. The molecule has 0 unspecified atom stereocenters. The molecule has 174 valence electrons. The zero-order chi connectivity index (χ0) is 23.8. The van der Waals surface area contributed by atoms with Crippen LogP contribution in [0.1, 0.15) is 11.1 Å². The third-order valence-electron chi connectivity index (χ3n) is 5.04. The van der Waals surface area contributed by atoms with E-state index in [1.54, 1.807) is 6.08 Å². The smallest absolute Gasteiger partial charge is 0.293 e. The van der Waals surface area contributed by atoms with Gasteiger partial charge in [-0.05, 0) is 55.1 Å². The van der Waals surface area contributed by atoms with Crippen LogP contribution < -0.4 is 14.2 Å². The molecule has 1 fully saturated rings. The lowest BCUT2D eigenvalue weighted by atomic mass is 10.2. The predicted octanol–water partition coefficient (Wildman–Crippen LogP) is 5.57. The van der Waals surface area contributed by atoms with E-state index in [1.807, 2.05) is 85.8 Å². The first-order valence-electron chi connectivity index (χ1n) is 10.9. The summed E-state index contributed by atoms with van der Waals surface area (Å²) in [6, 6.07) is 24.5. The quantitative estimate of drug-likeness (QED) is 0.282. The summed E-state index contributed by atoms with van der Waals surface area (Å²) in [7, 11) is 0. The van der Waals surface area contributed by atoms with Crippen molar-refractivity contribution in [2.75, 3.05) is 26.4 Å². The Bertz CT molecular complexity index is 1160. The molecule has 2 amide bonds. The van der Waals surface area contributed by atoms with Gasteiger partial charge in [-0.1, -0.05) is 54.1 Å². The van der Waals surface area contributed by atoms with Gasteiger partial charge in [0.05, 0.1) is 11.4 Å². The SMILES string of the molecule is Cc1ccc(OCCN2C(=O)S/C(=C\c3ccccc3OCCOc3ccccc3)C2=O)cc1. The van der Waals surface area contributed by atoms with Gasteiger partial charge >= 0.3 is 0 Å². The molecule has 0 spiro atoms. The molecule has 3 aromatic rings. The van der Waals surface area contributed by atoms with Crippen molar-refractivity contribution in [3.63, 3.8) is 0 Å². The number of hydrogen-bond donors (Lipinski definition) is 0. The lowest BCUT2D eigenvalue weighted by Gasteiger charge is -2.13. The minimum absolute atomic E-state index is 0.185. The summed E-state index contributed by atoms with van der Waals surface area (Å²) in [6.07, 6.45) is 1.69. The van der Waals surface area contributed by atoms with E-state index >= 15 is 0 Å². The van der Waals surface area contributed by atoms with Crippen molar-refractivity contribution in [2.45, 2.75) is 6.92 Å². The molecule has 1 saturated heterocycles. The Morgan fingerprint density at radius 3 is 2.21 bits per heavy atom. The molecular weight excluding hydrogens is 450 g/mol. The van der Waals surface area contributed by atoms with Gasteiger partial charge in [-0.2, -0.15) is 0 Å². The van der Waals surface area contributed by atoms with Gasteiger partial charge in [-0.3, -0.25) is 14.5 Å². The highest BCUT2D eigenvalue weighted by atomic mass is 32.2. The minimum Gasteiger partial charge on any atom is -0.492 e. The summed E-state index contributed by atoms with van der Waals surface area (Å²) in [5, 5.41) is -0.307. The number of aryl methyl sites for hydroxylation is 1. The summed E-state index contributed by atoms with van der Waals surface area (Å²) in [5.41, 5.74) is 1.86. The Labute approximate surface area is 203 Å². The van der Waals surface area contributed by atoms with Crippen LogP contribution in [0.3, 0.4) is 0 Å². The van der Waals surface area contributed by atoms with Crippen LogP contribution in [0.4, 0.5) is 4.79 Å². The average molecular weight is 476 g/mol. The van der Waals surface area contributed by atoms with Crippen LogP contribution in [0.15, 0.2) is 83.8 Å². The Morgan fingerprint density at radius 2 is 1.41 bits per heavy atom. The van der Waals surface area contributed by atoms with Gasteiger partial charge in [0.15, 0.2) is 0 Å². The summed E-state index contributed by atoms with van der Waals surface area (Å²) >= 11 is 0.922. The number of imide groups is 1. The van der Waals surface area contributed by atoms with Crippen molar-refractivity contribution in [1.29, 1.82) is 0 Å². The molecule has 0 radical (unpaired) electrons. The molecule has 0 atom stereocenters. The van der Waals surface area contributed by atoms with Crippen LogP contribution in [0.5, 0.6) is 17.2 Å². The molecular formula is C27H25NO5S. The first-order valence-corrected chi connectivity index (χ1v) is 11.8. The van der Waals surface area contributed by atoms with Gasteiger partial charge in [-0.25, -0.2) is 0 Å². The Hall–Kier alpha value is -3.71. The topological polar surface area (TPSA) is 65.1 Å². The van der Waals surface area contributed by atoms with E-state index in [4.69, 9.17) is 14.2 Å². The van der Waals surface area contributed by atoms with Gasteiger partial charge < -0.3 is 14.2 Å². The van der Waals surface area contributed by atoms with Gasteiger partial charge in [0.25, 0.3) is 11.1 Å². The van der Waals surface area contributed by atoms with Crippen LogP contribution in [0, 0.1) is 6.92 Å². The number of benzene rings is 3.